The molecule has 0 amide bonds. The van der Waals surface area contributed by atoms with Crippen molar-refractivity contribution in [2.45, 2.75) is 12.7 Å². The Morgan fingerprint density at radius 2 is 1.87 bits per heavy atom. The van der Waals surface area contributed by atoms with Crippen LogP contribution in [0, 0.1) is 0 Å². The molecule has 1 N–H and O–H groups in total. The van der Waals surface area contributed by atoms with Crippen LogP contribution in [0.2, 0.25) is 0 Å². The molecule has 0 aliphatic heterocycles. The smallest absolute Gasteiger partial charge is 0.416 e. The summed E-state index contributed by atoms with van der Waals surface area (Å²) >= 11 is 3.13. The predicted molar refractivity (Wildman–Crippen MR) is 96.6 cm³/mol. The molecule has 0 bridgehead atoms. The number of tetrazole rings is 1. The van der Waals surface area contributed by atoms with Crippen LogP contribution in [0.5, 0.6) is 11.6 Å². The van der Waals surface area contributed by atoms with Crippen LogP contribution in [0.1, 0.15) is 5.56 Å². The molecule has 0 fully saturated rings. The van der Waals surface area contributed by atoms with Gasteiger partial charge < -0.3 is 14.6 Å². The summed E-state index contributed by atoms with van der Waals surface area (Å²) in [5.41, 5.74) is -0.569. The Kier molecular flexibility index (Phi) is 6.44. The van der Waals surface area contributed by atoms with Crippen LogP contribution in [-0.2, 0) is 17.5 Å². The fourth-order valence-corrected chi connectivity index (χ4v) is 2.50. The third kappa shape index (κ3) is 5.62. The summed E-state index contributed by atoms with van der Waals surface area (Å²) in [6.07, 6.45) is -4.47. The van der Waals surface area contributed by atoms with Crippen LogP contribution in [0.4, 0.5) is 13.2 Å². The van der Waals surface area contributed by atoms with E-state index in [2.05, 4.69) is 41.5 Å². The van der Waals surface area contributed by atoms with Crippen molar-refractivity contribution in [2.24, 2.45) is 0 Å². The lowest BCUT2D eigenvalue weighted by molar-refractivity contribution is -0.138. The van der Waals surface area contributed by atoms with E-state index >= 15 is 0 Å². The third-order valence-corrected chi connectivity index (χ3v) is 4.10. The Morgan fingerprint density at radius 1 is 1.10 bits per heavy atom. The van der Waals surface area contributed by atoms with E-state index in [1.807, 2.05) is 0 Å². The van der Waals surface area contributed by atoms with Crippen molar-refractivity contribution in [3.8, 4) is 23.1 Å². The molecule has 2 heterocycles. The Morgan fingerprint density at radius 3 is 2.53 bits per heavy atom. The van der Waals surface area contributed by atoms with E-state index in [1.54, 1.807) is 0 Å². The van der Waals surface area contributed by atoms with Gasteiger partial charge in [0.1, 0.15) is 24.7 Å². The van der Waals surface area contributed by atoms with E-state index in [0.29, 0.717) is 4.47 Å². The lowest BCUT2D eigenvalue weighted by Crippen LogP contribution is -2.12. The predicted octanol–water partition coefficient (Wildman–Crippen LogP) is 2.45. The highest BCUT2D eigenvalue weighted by Gasteiger charge is 2.31. The van der Waals surface area contributed by atoms with Crippen molar-refractivity contribution < 1.29 is 32.5 Å². The maximum absolute atomic E-state index is 12.8. The van der Waals surface area contributed by atoms with Gasteiger partial charge in [0.25, 0.3) is 0 Å². The first-order valence-electron chi connectivity index (χ1n) is 8.18. The first-order chi connectivity index (χ1) is 14.2. The molecular formula is C16H12BrF3N6O4. The number of carbonyl (C=O) groups is 1. The summed E-state index contributed by atoms with van der Waals surface area (Å²) in [5.74, 6) is -0.852. The molecule has 14 heteroatoms. The molecule has 0 saturated carbocycles. The van der Waals surface area contributed by atoms with Crippen LogP contribution in [0.15, 0.2) is 34.8 Å². The van der Waals surface area contributed by atoms with Gasteiger partial charge in [0.05, 0.1) is 10.0 Å². The number of rotatable bonds is 8. The second-order valence-electron chi connectivity index (χ2n) is 5.63. The van der Waals surface area contributed by atoms with Gasteiger partial charge in [-0.15, -0.1) is 20.4 Å². The first kappa shape index (κ1) is 21.4. The van der Waals surface area contributed by atoms with E-state index in [0.717, 1.165) is 16.9 Å². The summed E-state index contributed by atoms with van der Waals surface area (Å²) in [4.78, 5) is 11.5. The standard InChI is InChI=1S/C16H12BrF3N6O4/c17-10-2-1-9(16(18,19)20)7-12(10)29-5-6-30-13-4-3-11(21-22-13)15-23-25-26(24-15)8-14(27)28/h1-4,7H,5-6,8H2,(H,27,28). The van der Waals surface area contributed by atoms with Crippen LogP contribution >= 0.6 is 15.9 Å². The second kappa shape index (κ2) is 9.02. The summed E-state index contributed by atoms with van der Waals surface area (Å²) in [6, 6.07) is 6.06. The normalized spacial score (nSPS) is 11.3. The van der Waals surface area contributed by atoms with Crippen molar-refractivity contribution in [1.82, 2.24) is 30.4 Å². The van der Waals surface area contributed by atoms with Crippen molar-refractivity contribution in [2.75, 3.05) is 13.2 Å². The van der Waals surface area contributed by atoms with Crippen LogP contribution in [0.3, 0.4) is 0 Å². The van der Waals surface area contributed by atoms with Crippen molar-refractivity contribution in [3.05, 3.63) is 40.4 Å². The number of alkyl halides is 3. The van der Waals surface area contributed by atoms with Gasteiger partial charge in [-0.05, 0) is 45.4 Å². The first-order valence-corrected chi connectivity index (χ1v) is 8.98. The molecule has 30 heavy (non-hydrogen) atoms. The fraction of sp³-hybridized carbons (Fsp3) is 0.250. The van der Waals surface area contributed by atoms with Gasteiger partial charge in [0.2, 0.25) is 11.7 Å². The zero-order valence-electron chi connectivity index (χ0n) is 14.9. The summed E-state index contributed by atoms with van der Waals surface area (Å²) in [7, 11) is 0. The lowest BCUT2D eigenvalue weighted by atomic mass is 10.2. The molecule has 0 aliphatic carbocycles. The second-order valence-corrected chi connectivity index (χ2v) is 6.49. The SMILES string of the molecule is O=C(O)Cn1nnc(-c2ccc(OCCOc3cc(C(F)(F)F)ccc3Br)nn2)n1. The van der Waals surface area contributed by atoms with E-state index < -0.39 is 24.3 Å². The minimum Gasteiger partial charge on any atom is -0.489 e. The van der Waals surface area contributed by atoms with E-state index in [1.165, 1.54) is 18.2 Å². The number of carboxylic acids is 1. The lowest BCUT2D eigenvalue weighted by Gasteiger charge is -2.12. The average Bonchev–Trinajstić information content (AvgIpc) is 3.14. The highest BCUT2D eigenvalue weighted by atomic mass is 79.9. The highest BCUT2D eigenvalue weighted by Crippen LogP contribution is 2.35. The summed E-state index contributed by atoms with van der Waals surface area (Å²) in [6.45, 7) is -0.470. The van der Waals surface area contributed by atoms with Crippen molar-refractivity contribution in [1.29, 1.82) is 0 Å². The maximum atomic E-state index is 12.8. The average molecular weight is 489 g/mol. The van der Waals surface area contributed by atoms with Crippen molar-refractivity contribution >= 4 is 21.9 Å². The van der Waals surface area contributed by atoms with Crippen LogP contribution < -0.4 is 9.47 Å². The number of carboxylic acid groups (broad SMARTS) is 1. The number of hydrogen-bond donors (Lipinski definition) is 1. The zero-order chi connectivity index (χ0) is 21.7. The molecule has 0 atom stereocenters. The molecule has 0 aliphatic rings. The maximum Gasteiger partial charge on any atom is 0.416 e. The minimum absolute atomic E-state index is 0.00373. The molecule has 0 spiro atoms. The van der Waals surface area contributed by atoms with Gasteiger partial charge >= 0.3 is 12.1 Å². The monoisotopic (exact) mass is 488 g/mol. The topological polar surface area (TPSA) is 125 Å². The van der Waals surface area contributed by atoms with Gasteiger partial charge in [-0.2, -0.15) is 18.0 Å². The highest BCUT2D eigenvalue weighted by molar-refractivity contribution is 9.10. The van der Waals surface area contributed by atoms with Gasteiger partial charge in [0.15, 0.2) is 6.54 Å². The zero-order valence-corrected chi connectivity index (χ0v) is 16.5. The number of halogens is 4. The van der Waals surface area contributed by atoms with Crippen molar-refractivity contribution in [3.63, 3.8) is 0 Å². The summed E-state index contributed by atoms with van der Waals surface area (Å²) in [5, 5.41) is 27.5. The number of hydrogen-bond acceptors (Lipinski definition) is 8. The number of ether oxygens (including phenoxy) is 2. The minimum atomic E-state index is -4.47. The number of nitrogens with zero attached hydrogens (tertiary/aromatic N) is 6. The molecule has 3 rings (SSSR count). The Labute approximate surface area is 174 Å². The van der Waals surface area contributed by atoms with Gasteiger partial charge in [-0.25, -0.2) is 0 Å². The van der Waals surface area contributed by atoms with E-state index in [-0.39, 0.29) is 36.4 Å². The number of aromatic nitrogens is 6. The largest absolute Gasteiger partial charge is 0.489 e. The van der Waals surface area contributed by atoms with Gasteiger partial charge in [0, 0.05) is 6.07 Å². The summed E-state index contributed by atoms with van der Waals surface area (Å²) < 4.78 is 49.4. The number of benzene rings is 1. The third-order valence-electron chi connectivity index (χ3n) is 3.45. The van der Waals surface area contributed by atoms with Crippen LogP contribution in [-0.4, -0.2) is 54.7 Å². The quantitative estimate of drug-likeness (QED) is 0.475. The van der Waals surface area contributed by atoms with Crippen LogP contribution in [0.25, 0.3) is 11.5 Å². The Balaban J connectivity index is 1.52. The molecule has 3 aromatic rings. The number of aliphatic carboxylic acids is 1. The molecule has 1 aromatic carbocycles. The Hall–Kier alpha value is -3.29. The fourth-order valence-electron chi connectivity index (χ4n) is 2.14. The molecular weight excluding hydrogens is 477 g/mol. The van der Waals surface area contributed by atoms with E-state index in [4.69, 9.17) is 14.6 Å². The van der Waals surface area contributed by atoms with Gasteiger partial charge in [-0.3, -0.25) is 4.79 Å². The van der Waals surface area contributed by atoms with Gasteiger partial charge in [-0.1, -0.05) is 0 Å². The molecule has 10 nitrogen and oxygen atoms in total. The molecule has 0 unspecified atom stereocenters. The van der Waals surface area contributed by atoms with E-state index in [9.17, 15) is 18.0 Å². The molecule has 158 valence electrons. The molecule has 0 radical (unpaired) electrons. The molecule has 2 aromatic heterocycles. The Bertz CT molecular complexity index is 1030. The molecule has 0 saturated heterocycles.